The number of ether oxygens (including phenoxy) is 2. The first kappa shape index (κ1) is 22.9. The number of carbonyl (C=O) groups is 2. The molecule has 0 saturated heterocycles. The van der Waals surface area contributed by atoms with Gasteiger partial charge in [0.15, 0.2) is 0 Å². The Morgan fingerprint density at radius 2 is 1.38 bits per heavy atom. The molecule has 0 aromatic heterocycles. The van der Waals surface area contributed by atoms with Crippen LogP contribution in [0, 0.1) is 0 Å². The number of rotatable bonds is 15. The van der Waals surface area contributed by atoms with Crippen molar-refractivity contribution in [3.05, 3.63) is 0 Å². The van der Waals surface area contributed by atoms with Crippen molar-refractivity contribution in [2.45, 2.75) is 90.5 Å². The van der Waals surface area contributed by atoms with Crippen molar-refractivity contribution in [2.24, 2.45) is 0 Å². The lowest BCUT2D eigenvalue weighted by Crippen LogP contribution is -2.50. The van der Waals surface area contributed by atoms with E-state index in [2.05, 4.69) is 5.32 Å². The van der Waals surface area contributed by atoms with Gasteiger partial charge in [-0.25, -0.2) is 4.79 Å². The average molecular weight is 344 g/mol. The molecule has 0 radical (unpaired) electrons. The molecule has 0 heterocycles. The molecule has 0 aliphatic carbocycles. The van der Waals surface area contributed by atoms with E-state index in [0.29, 0.717) is 13.0 Å². The van der Waals surface area contributed by atoms with E-state index in [1.54, 1.807) is 27.9 Å². The first-order valence-electron chi connectivity index (χ1n) is 9.41. The molecule has 0 saturated carbocycles. The Labute approximate surface area is 147 Å². The van der Waals surface area contributed by atoms with E-state index in [1.807, 2.05) is 0 Å². The van der Waals surface area contributed by atoms with Gasteiger partial charge in [0.05, 0.1) is 6.61 Å². The molecule has 0 rings (SSSR count). The molecule has 5 nitrogen and oxygen atoms in total. The molecule has 5 heteroatoms. The van der Waals surface area contributed by atoms with E-state index in [-0.39, 0.29) is 11.9 Å². The van der Waals surface area contributed by atoms with E-state index in [1.165, 1.54) is 38.5 Å². The number of hydrogen-bond donors (Lipinski definition) is 1. The van der Waals surface area contributed by atoms with Crippen LogP contribution in [0.1, 0.15) is 85.0 Å². The van der Waals surface area contributed by atoms with Crippen molar-refractivity contribution in [2.75, 3.05) is 20.3 Å². The SMILES string of the molecule is CCOC(=O)C(C)(C)NC(=O)CCCCCCCCCCCOC. The molecule has 0 atom stereocenters. The molecule has 24 heavy (non-hydrogen) atoms. The molecule has 1 amide bonds. The number of esters is 1. The molecule has 142 valence electrons. The zero-order valence-corrected chi connectivity index (χ0v) is 16.1. The van der Waals surface area contributed by atoms with E-state index >= 15 is 0 Å². The normalized spacial score (nSPS) is 11.3. The van der Waals surface area contributed by atoms with E-state index in [0.717, 1.165) is 25.9 Å². The van der Waals surface area contributed by atoms with Crippen molar-refractivity contribution in [3.8, 4) is 0 Å². The summed E-state index contributed by atoms with van der Waals surface area (Å²) in [6, 6.07) is 0. The largest absolute Gasteiger partial charge is 0.464 e. The maximum atomic E-state index is 11.9. The molecular weight excluding hydrogens is 306 g/mol. The highest BCUT2D eigenvalue weighted by Crippen LogP contribution is 2.11. The lowest BCUT2D eigenvalue weighted by Gasteiger charge is -2.23. The van der Waals surface area contributed by atoms with Crippen LogP contribution in [-0.2, 0) is 19.1 Å². The average Bonchev–Trinajstić information content (AvgIpc) is 2.52. The van der Waals surface area contributed by atoms with Crippen molar-refractivity contribution >= 4 is 11.9 Å². The number of hydrogen-bond acceptors (Lipinski definition) is 4. The Hall–Kier alpha value is -1.10. The minimum atomic E-state index is -0.949. The van der Waals surface area contributed by atoms with Gasteiger partial charge in [-0.15, -0.1) is 0 Å². The van der Waals surface area contributed by atoms with E-state index in [9.17, 15) is 9.59 Å². The molecule has 0 aliphatic heterocycles. The Kier molecular flexibility index (Phi) is 13.6. The fourth-order valence-electron chi connectivity index (χ4n) is 2.54. The molecule has 0 aliphatic rings. The summed E-state index contributed by atoms with van der Waals surface area (Å²) < 4.78 is 9.99. The number of carbonyl (C=O) groups excluding carboxylic acids is 2. The Morgan fingerprint density at radius 1 is 0.875 bits per heavy atom. The third-order valence-electron chi connectivity index (χ3n) is 3.99. The van der Waals surface area contributed by atoms with E-state index < -0.39 is 5.54 Å². The summed E-state index contributed by atoms with van der Waals surface area (Å²) in [5.41, 5.74) is -0.949. The van der Waals surface area contributed by atoms with E-state index in [4.69, 9.17) is 9.47 Å². The summed E-state index contributed by atoms with van der Waals surface area (Å²) >= 11 is 0. The predicted molar refractivity (Wildman–Crippen MR) is 96.9 cm³/mol. The van der Waals surface area contributed by atoms with Crippen LogP contribution in [0.3, 0.4) is 0 Å². The zero-order chi connectivity index (χ0) is 18.3. The van der Waals surface area contributed by atoms with Gasteiger partial charge in [-0.05, 0) is 33.6 Å². The topological polar surface area (TPSA) is 64.6 Å². The lowest BCUT2D eigenvalue weighted by atomic mass is 10.0. The molecule has 0 fully saturated rings. The van der Waals surface area contributed by atoms with Gasteiger partial charge >= 0.3 is 5.97 Å². The summed E-state index contributed by atoms with van der Waals surface area (Å²) in [7, 11) is 1.75. The standard InChI is InChI=1S/C19H37NO4/c1-5-24-18(22)19(2,3)20-17(21)15-13-11-9-7-6-8-10-12-14-16-23-4/h5-16H2,1-4H3,(H,20,21). The second-order valence-electron chi connectivity index (χ2n) is 6.82. The van der Waals surface area contributed by atoms with Gasteiger partial charge in [0, 0.05) is 20.1 Å². The summed E-state index contributed by atoms with van der Waals surface area (Å²) in [5, 5.41) is 2.75. The smallest absolute Gasteiger partial charge is 0.331 e. The van der Waals surface area contributed by atoms with Gasteiger partial charge in [-0.2, -0.15) is 0 Å². The first-order chi connectivity index (χ1) is 11.4. The van der Waals surface area contributed by atoms with Crippen LogP contribution in [-0.4, -0.2) is 37.7 Å². The summed E-state index contributed by atoms with van der Waals surface area (Å²) in [5.74, 6) is -0.463. The van der Waals surface area contributed by atoms with Crippen molar-refractivity contribution in [3.63, 3.8) is 0 Å². The summed E-state index contributed by atoms with van der Waals surface area (Å²) in [6.45, 7) is 6.31. The van der Waals surface area contributed by atoms with Crippen molar-refractivity contribution < 1.29 is 19.1 Å². The second kappa shape index (κ2) is 14.3. The fraction of sp³-hybridized carbons (Fsp3) is 0.895. The summed E-state index contributed by atoms with van der Waals surface area (Å²) in [4.78, 5) is 23.6. The number of amides is 1. The molecular formula is C19H37NO4. The quantitative estimate of drug-likeness (QED) is 0.361. The third-order valence-corrected chi connectivity index (χ3v) is 3.99. The van der Waals surface area contributed by atoms with Gasteiger partial charge < -0.3 is 14.8 Å². The molecule has 0 spiro atoms. The van der Waals surface area contributed by atoms with Crippen LogP contribution < -0.4 is 5.32 Å². The number of methoxy groups -OCH3 is 1. The minimum absolute atomic E-state index is 0.0776. The highest BCUT2D eigenvalue weighted by Gasteiger charge is 2.30. The van der Waals surface area contributed by atoms with Gasteiger partial charge in [0.2, 0.25) is 5.91 Å². The molecule has 0 aromatic rings. The molecule has 0 bridgehead atoms. The maximum Gasteiger partial charge on any atom is 0.331 e. The highest BCUT2D eigenvalue weighted by molar-refractivity contribution is 5.87. The number of nitrogens with one attached hydrogen (secondary N) is 1. The van der Waals surface area contributed by atoms with Gasteiger partial charge in [0.25, 0.3) is 0 Å². The summed E-state index contributed by atoms with van der Waals surface area (Å²) in [6.07, 6.45) is 11.1. The lowest BCUT2D eigenvalue weighted by molar-refractivity contribution is -0.151. The minimum Gasteiger partial charge on any atom is -0.464 e. The monoisotopic (exact) mass is 343 g/mol. The van der Waals surface area contributed by atoms with Gasteiger partial charge in [0.1, 0.15) is 5.54 Å². The van der Waals surface area contributed by atoms with Crippen LogP contribution in [0.25, 0.3) is 0 Å². The van der Waals surface area contributed by atoms with Crippen LogP contribution in [0.5, 0.6) is 0 Å². The Bertz CT molecular complexity index is 342. The van der Waals surface area contributed by atoms with Crippen molar-refractivity contribution in [1.29, 1.82) is 0 Å². The van der Waals surface area contributed by atoms with Crippen LogP contribution in [0.4, 0.5) is 0 Å². The molecule has 0 unspecified atom stereocenters. The first-order valence-corrected chi connectivity index (χ1v) is 9.41. The molecule has 0 aromatic carbocycles. The van der Waals surface area contributed by atoms with Gasteiger partial charge in [-0.1, -0.05) is 44.9 Å². The predicted octanol–water partition coefficient (Wildman–Crippen LogP) is 3.99. The molecule has 1 N–H and O–H groups in total. The third kappa shape index (κ3) is 12.3. The second-order valence-corrected chi connectivity index (χ2v) is 6.82. The fourth-order valence-corrected chi connectivity index (χ4v) is 2.54. The zero-order valence-electron chi connectivity index (χ0n) is 16.1. The maximum absolute atomic E-state index is 11.9. The van der Waals surface area contributed by atoms with Gasteiger partial charge in [-0.3, -0.25) is 4.79 Å². The Balaban J connectivity index is 3.54. The van der Waals surface area contributed by atoms with Crippen LogP contribution >= 0.6 is 0 Å². The number of unbranched alkanes of at least 4 members (excludes halogenated alkanes) is 8. The van der Waals surface area contributed by atoms with Crippen LogP contribution in [0.15, 0.2) is 0 Å². The highest BCUT2D eigenvalue weighted by atomic mass is 16.5. The Morgan fingerprint density at radius 3 is 1.88 bits per heavy atom. The van der Waals surface area contributed by atoms with Crippen molar-refractivity contribution in [1.82, 2.24) is 5.32 Å². The van der Waals surface area contributed by atoms with Crippen LogP contribution in [0.2, 0.25) is 0 Å².